The number of hydrogen-bond acceptors (Lipinski definition) is 6. The smallest absolute Gasteiger partial charge is 0.326 e. The van der Waals surface area contributed by atoms with Crippen LogP contribution in [0.2, 0.25) is 5.02 Å². The molecule has 0 aliphatic carbocycles. The average Bonchev–Trinajstić information content (AvgIpc) is 3.10. The third kappa shape index (κ3) is 4.07. The number of ether oxygens (including phenoxy) is 1. The van der Waals surface area contributed by atoms with E-state index < -0.39 is 30.6 Å². The lowest BCUT2D eigenvalue weighted by Gasteiger charge is -2.09. The first-order valence-electron chi connectivity index (χ1n) is 8.69. The van der Waals surface area contributed by atoms with Crippen LogP contribution in [-0.4, -0.2) is 28.0 Å². The maximum absolute atomic E-state index is 12.6. The molecule has 2 aromatic carbocycles. The Bertz CT molecular complexity index is 1350. The highest BCUT2D eigenvalue weighted by Crippen LogP contribution is 2.26. The Labute approximate surface area is 182 Å². The summed E-state index contributed by atoms with van der Waals surface area (Å²) in [6, 6.07) is 12.1. The molecule has 0 spiro atoms. The van der Waals surface area contributed by atoms with E-state index in [1.54, 1.807) is 36.4 Å². The lowest BCUT2D eigenvalue weighted by molar-refractivity contribution is -0.147. The second-order valence-corrected chi connectivity index (χ2v) is 7.61. The Morgan fingerprint density at radius 1 is 1.23 bits per heavy atom. The molecular formula is C20H13BrClN3O5. The summed E-state index contributed by atoms with van der Waals surface area (Å²) in [7, 11) is 0. The first-order chi connectivity index (χ1) is 14.4. The Morgan fingerprint density at radius 2 is 2.03 bits per heavy atom. The van der Waals surface area contributed by atoms with Crippen molar-refractivity contribution in [1.82, 2.24) is 9.55 Å². The van der Waals surface area contributed by atoms with Crippen molar-refractivity contribution in [3.05, 3.63) is 68.6 Å². The largest absolute Gasteiger partial charge is 0.454 e. The van der Waals surface area contributed by atoms with Gasteiger partial charge in [0.1, 0.15) is 17.6 Å². The van der Waals surface area contributed by atoms with Crippen molar-refractivity contribution in [2.45, 2.75) is 6.54 Å². The molecule has 1 N–H and O–H groups in total. The molecule has 30 heavy (non-hydrogen) atoms. The predicted molar refractivity (Wildman–Crippen MR) is 115 cm³/mol. The molecule has 0 saturated heterocycles. The molecular weight excluding hydrogens is 478 g/mol. The first kappa shape index (κ1) is 20.1. The minimum atomic E-state index is -0.772. The highest BCUT2D eigenvalue weighted by Gasteiger charge is 2.16. The summed E-state index contributed by atoms with van der Waals surface area (Å²) in [5, 5.41) is 3.59. The topological polar surface area (TPSA) is 103 Å². The summed E-state index contributed by atoms with van der Waals surface area (Å²) in [5.41, 5.74) is 0.872. The number of para-hydroxylation sites is 1. The van der Waals surface area contributed by atoms with E-state index in [1.165, 1.54) is 6.33 Å². The van der Waals surface area contributed by atoms with Crippen LogP contribution >= 0.6 is 27.5 Å². The zero-order chi connectivity index (χ0) is 21.3. The number of aromatic nitrogens is 2. The minimum Gasteiger partial charge on any atom is -0.454 e. The lowest BCUT2D eigenvalue weighted by Crippen LogP contribution is -2.27. The standard InChI is InChI=1S/C20H13BrClN3O5/c21-11-5-6-14(13(22)7-11)24-16(26)9-29-17(27)8-25-10-23-18-12-3-1-2-4-15(12)30-19(18)20(25)28/h1-7,10H,8-9H2,(H,24,26). The Balaban J connectivity index is 1.42. The van der Waals surface area contributed by atoms with Gasteiger partial charge >= 0.3 is 5.97 Å². The molecule has 0 radical (unpaired) electrons. The minimum absolute atomic E-state index is 0.0501. The van der Waals surface area contributed by atoms with Crippen LogP contribution in [0.3, 0.4) is 0 Å². The number of carbonyl (C=O) groups is 2. The number of nitrogens with zero attached hydrogens (tertiary/aromatic N) is 2. The fourth-order valence-corrected chi connectivity index (χ4v) is 3.56. The number of hydrogen-bond donors (Lipinski definition) is 1. The number of anilines is 1. The summed E-state index contributed by atoms with van der Waals surface area (Å²) in [5.74, 6) is -1.34. The zero-order valence-corrected chi connectivity index (χ0v) is 17.6. The summed E-state index contributed by atoms with van der Waals surface area (Å²) in [6.07, 6.45) is 1.25. The predicted octanol–water partition coefficient (Wildman–Crippen LogP) is 3.74. The van der Waals surface area contributed by atoms with Crippen LogP contribution in [0, 0.1) is 0 Å². The number of benzene rings is 2. The van der Waals surface area contributed by atoms with E-state index in [0.29, 0.717) is 27.2 Å². The van der Waals surface area contributed by atoms with Crippen molar-refractivity contribution < 1.29 is 18.7 Å². The number of rotatable bonds is 5. The van der Waals surface area contributed by atoms with Crippen molar-refractivity contribution in [2.75, 3.05) is 11.9 Å². The van der Waals surface area contributed by atoms with Crippen LogP contribution in [0.15, 0.2) is 62.5 Å². The van der Waals surface area contributed by atoms with Gasteiger partial charge in [0.15, 0.2) is 6.61 Å². The first-order valence-corrected chi connectivity index (χ1v) is 9.86. The summed E-state index contributed by atoms with van der Waals surface area (Å²) in [4.78, 5) is 40.9. The second-order valence-electron chi connectivity index (χ2n) is 6.29. The van der Waals surface area contributed by atoms with E-state index in [1.807, 2.05) is 6.07 Å². The quantitative estimate of drug-likeness (QED) is 0.428. The lowest BCUT2D eigenvalue weighted by atomic mass is 10.2. The maximum atomic E-state index is 12.6. The molecule has 0 saturated carbocycles. The van der Waals surface area contributed by atoms with Gasteiger partial charge in [-0.3, -0.25) is 19.0 Å². The van der Waals surface area contributed by atoms with Crippen molar-refractivity contribution >= 4 is 67.2 Å². The molecule has 4 rings (SSSR count). The fraction of sp³-hybridized carbons (Fsp3) is 0.100. The van der Waals surface area contributed by atoms with E-state index >= 15 is 0 Å². The van der Waals surface area contributed by atoms with Gasteiger partial charge < -0.3 is 14.5 Å². The SMILES string of the molecule is O=C(COC(=O)Cn1cnc2c(oc3ccccc32)c1=O)Nc1ccc(Br)cc1Cl. The van der Waals surface area contributed by atoms with Crippen LogP contribution < -0.4 is 10.9 Å². The number of amides is 1. The fourth-order valence-electron chi connectivity index (χ4n) is 2.84. The van der Waals surface area contributed by atoms with Gasteiger partial charge in [0.25, 0.3) is 11.5 Å². The number of fused-ring (bicyclic) bond motifs is 3. The van der Waals surface area contributed by atoms with Gasteiger partial charge in [-0.2, -0.15) is 0 Å². The molecule has 2 heterocycles. The normalized spacial score (nSPS) is 11.0. The van der Waals surface area contributed by atoms with Gasteiger partial charge in [0.2, 0.25) is 5.58 Å². The van der Waals surface area contributed by atoms with Gasteiger partial charge in [-0.05, 0) is 30.3 Å². The van der Waals surface area contributed by atoms with Gasteiger partial charge in [0, 0.05) is 9.86 Å². The highest BCUT2D eigenvalue weighted by atomic mass is 79.9. The van der Waals surface area contributed by atoms with Crippen LogP contribution in [0.1, 0.15) is 0 Å². The molecule has 8 nitrogen and oxygen atoms in total. The summed E-state index contributed by atoms with van der Waals surface area (Å²) >= 11 is 9.30. The second kappa shape index (κ2) is 8.29. The number of esters is 1. The van der Waals surface area contributed by atoms with E-state index in [4.69, 9.17) is 20.8 Å². The van der Waals surface area contributed by atoms with Crippen molar-refractivity contribution in [1.29, 1.82) is 0 Å². The third-order valence-corrected chi connectivity index (χ3v) is 5.03. The molecule has 4 aromatic rings. The molecule has 10 heteroatoms. The molecule has 0 unspecified atom stereocenters. The van der Waals surface area contributed by atoms with Gasteiger partial charge in [-0.15, -0.1) is 0 Å². The van der Waals surface area contributed by atoms with Crippen molar-refractivity contribution in [3.63, 3.8) is 0 Å². The average molecular weight is 491 g/mol. The monoisotopic (exact) mass is 489 g/mol. The highest BCUT2D eigenvalue weighted by molar-refractivity contribution is 9.10. The molecule has 0 fully saturated rings. The van der Waals surface area contributed by atoms with Crippen molar-refractivity contribution in [3.8, 4) is 0 Å². The molecule has 2 aromatic heterocycles. The van der Waals surface area contributed by atoms with Crippen LogP contribution in [0.25, 0.3) is 22.1 Å². The Morgan fingerprint density at radius 3 is 2.83 bits per heavy atom. The van der Waals surface area contributed by atoms with E-state index in [2.05, 4.69) is 26.2 Å². The Kier molecular flexibility index (Phi) is 5.56. The van der Waals surface area contributed by atoms with Crippen LogP contribution in [0.5, 0.6) is 0 Å². The molecule has 0 bridgehead atoms. The van der Waals surface area contributed by atoms with Crippen LogP contribution in [0.4, 0.5) is 5.69 Å². The van der Waals surface area contributed by atoms with Crippen LogP contribution in [-0.2, 0) is 20.9 Å². The molecule has 152 valence electrons. The number of carbonyl (C=O) groups excluding carboxylic acids is 2. The van der Waals surface area contributed by atoms with E-state index in [9.17, 15) is 14.4 Å². The Hall–Kier alpha value is -3.17. The third-order valence-electron chi connectivity index (χ3n) is 4.22. The molecule has 1 amide bonds. The molecule has 0 atom stereocenters. The van der Waals surface area contributed by atoms with E-state index in [0.717, 1.165) is 9.04 Å². The molecule has 0 aliphatic heterocycles. The summed E-state index contributed by atoms with van der Waals surface area (Å²) in [6.45, 7) is -0.939. The van der Waals surface area contributed by atoms with Gasteiger partial charge in [0.05, 0.1) is 17.0 Å². The summed E-state index contributed by atoms with van der Waals surface area (Å²) < 4.78 is 12.3. The van der Waals surface area contributed by atoms with Gasteiger partial charge in [-0.1, -0.05) is 39.7 Å². The van der Waals surface area contributed by atoms with Crippen molar-refractivity contribution in [2.24, 2.45) is 0 Å². The number of furan rings is 1. The number of nitrogens with one attached hydrogen (secondary N) is 1. The van der Waals surface area contributed by atoms with E-state index in [-0.39, 0.29) is 5.58 Å². The van der Waals surface area contributed by atoms with Gasteiger partial charge in [-0.25, -0.2) is 4.98 Å². The maximum Gasteiger partial charge on any atom is 0.326 e. The zero-order valence-electron chi connectivity index (χ0n) is 15.2. The number of halogens is 2. The molecule has 0 aliphatic rings.